The zero-order chi connectivity index (χ0) is 17.7. The van der Waals surface area contributed by atoms with Crippen LogP contribution in [0.1, 0.15) is 25.0 Å². The third-order valence-corrected chi connectivity index (χ3v) is 3.75. The van der Waals surface area contributed by atoms with Gasteiger partial charge in [0, 0.05) is 17.6 Å². The number of carboxylic acid groups (broad SMARTS) is 1. The smallest absolute Gasteiger partial charge is 0.336 e. The van der Waals surface area contributed by atoms with E-state index in [1.807, 2.05) is 24.3 Å². The molecule has 0 aromatic heterocycles. The minimum atomic E-state index is -1.21. The van der Waals surface area contributed by atoms with Crippen molar-refractivity contribution in [2.24, 2.45) is 0 Å². The maximum Gasteiger partial charge on any atom is 0.336 e. The first-order valence-electron chi connectivity index (χ1n) is 7.32. The Balaban J connectivity index is 2.15. The lowest BCUT2D eigenvalue weighted by atomic mass is 9.78. The zero-order valence-corrected chi connectivity index (χ0v) is 13.4. The van der Waals surface area contributed by atoms with E-state index in [0.717, 1.165) is 23.3 Å². The Morgan fingerprint density at radius 3 is 1.92 bits per heavy atom. The summed E-state index contributed by atoms with van der Waals surface area (Å²) >= 11 is 0. The minimum absolute atomic E-state index is 0.214. The molecular weight excluding hydrogens is 308 g/mol. The van der Waals surface area contributed by atoms with Gasteiger partial charge in [-0.3, -0.25) is 0 Å². The molecule has 2 aromatic rings. The molecule has 0 spiro atoms. The summed E-state index contributed by atoms with van der Waals surface area (Å²) < 4.78 is 5.03. The highest BCUT2D eigenvalue weighted by molar-refractivity contribution is 5.91. The van der Waals surface area contributed by atoms with Crippen LogP contribution in [0.3, 0.4) is 0 Å². The molecule has 24 heavy (non-hydrogen) atoms. The molecule has 124 valence electrons. The molecule has 5 heteroatoms. The van der Waals surface area contributed by atoms with Crippen LogP contribution >= 0.6 is 0 Å². The van der Waals surface area contributed by atoms with Crippen LogP contribution in [0.25, 0.3) is 0 Å². The van der Waals surface area contributed by atoms with Gasteiger partial charge in [0.2, 0.25) is 0 Å². The topological polar surface area (TPSA) is 83.8 Å². The number of carbonyl (C=O) groups excluding carboxylic acids is 1. The van der Waals surface area contributed by atoms with Gasteiger partial charge in [-0.1, -0.05) is 38.1 Å². The molecule has 0 aliphatic carbocycles. The molecule has 2 N–H and O–H groups in total. The number of ether oxygens (including phenoxy) is 1. The van der Waals surface area contributed by atoms with Gasteiger partial charge in [0.1, 0.15) is 11.5 Å². The van der Waals surface area contributed by atoms with Gasteiger partial charge in [0.25, 0.3) is 0 Å². The number of rotatable bonds is 5. The highest BCUT2D eigenvalue weighted by Crippen LogP contribution is 2.33. The summed E-state index contributed by atoms with van der Waals surface area (Å²) in [6.45, 7) is 4.10. The Labute approximate surface area is 139 Å². The predicted molar refractivity (Wildman–Crippen MR) is 89.1 cm³/mol. The van der Waals surface area contributed by atoms with Crippen molar-refractivity contribution in [1.82, 2.24) is 0 Å². The SMILES string of the molecule is CC(C)(c1ccc(O)cc1)c1ccc(OC(=O)/C=C/C(=O)O)cc1. The van der Waals surface area contributed by atoms with Gasteiger partial charge in [-0.15, -0.1) is 0 Å². The number of aliphatic carboxylic acids is 1. The van der Waals surface area contributed by atoms with Crippen LogP contribution in [0.2, 0.25) is 0 Å². The molecule has 0 saturated carbocycles. The molecule has 0 bridgehead atoms. The molecule has 0 amide bonds. The fourth-order valence-electron chi connectivity index (χ4n) is 2.27. The second kappa shape index (κ2) is 7.00. The summed E-state index contributed by atoms with van der Waals surface area (Å²) in [7, 11) is 0. The third kappa shape index (κ3) is 4.23. The normalized spacial score (nSPS) is 11.4. The van der Waals surface area contributed by atoms with Crippen LogP contribution in [0, 0.1) is 0 Å². The Morgan fingerprint density at radius 1 is 0.917 bits per heavy atom. The Morgan fingerprint density at radius 2 is 1.42 bits per heavy atom. The van der Waals surface area contributed by atoms with Gasteiger partial charge in [-0.2, -0.15) is 0 Å². The van der Waals surface area contributed by atoms with Crippen LogP contribution in [0.15, 0.2) is 60.7 Å². The van der Waals surface area contributed by atoms with Gasteiger partial charge in [0.05, 0.1) is 0 Å². The molecule has 0 aliphatic heterocycles. The van der Waals surface area contributed by atoms with Crippen LogP contribution in [-0.2, 0) is 15.0 Å². The fourth-order valence-corrected chi connectivity index (χ4v) is 2.27. The predicted octanol–water partition coefficient (Wildman–Crippen LogP) is 3.26. The van der Waals surface area contributed by atoms with E-state index in [0.29, 0.717) is 5.75 Å². The largest absolute Gasteiger partial charge is 0.508 e. The highest BCUT2D eigenvalue weighted by Gasteiger charge is 2.23. The van der Waals surface area contributed by atoms with Crippen molar-refractivity contribution in [3.63, 3.8) is 0 Å². The van der Waals surface area contributed by atoms with E-state index in [1.165, 1.54) is 0 Å². The van der Waals surface area contributed by atoms with Crippen molar-refractivity contribution in [2.45, 2.75) is 19.3 Å². The van der Waals surface area contributed by atoms with Crippen molar-refractivity contribution >= 4 is 11.9 Å². The van der Waals surface area contributed by atoms with Gasteiger partial charge in [-0.05, 0) is 35.4 Å². The highest BCUT2D eigenvalue weighted by atomic mass is 16.5. The van der Waals surface area contributed by atoms with Crippen molar-refractivity contribution in [3.05, 3.63) is 71.8 Å². The van der Waals surface area contributed by atoms with E-state index in [4.69, 9.17) is 9.84 Å². The van der Waals surface area contributed by atoms with Gasteiger partial charge >= 0.3 is 11.9 Å². The summed E-state index contributed by atoms with van der Waals surface area (Å²) in [4.78, 5) is 21.8. The average molecular weight is 326 g/mol. The van der Waals surface area contributed by atoms with E-state index in [9.17, 15) is 14.7 Å². The molecule has 0 radical (unpaired) electrons. The number of hydrogen-bond acceptors (Lipinski definition) is 4. The monoisotopic (exact) mass is 326 g/mol. The first kappa shape index (κ1) is 17.3. The summed E-state index contributed by atoms with van der Waals surface area (Å²) in [5.41, 5.74) is 1.75. The summed E-state index contributed by atoms with van der Waals surface area (Å²) in [6, 6.07) is 14.0. The van der Waals surface area contributed by atoms with Crippen molar-refractivity contribution in [1.29, 1.82) is 0 Å². The molecule has 0 fully saturated rings. The summed E-state index contributed by atoms with van der Waals surface area (Å²) in [6.07, 6.45) is 1.58. The Bertz CT molecular complexity index is 755. The quantitative estimate of drug-likeness (QED) is 0.500. The number of hydrogen-bond donors (Lipinski definition) is 2. The van der Waals surface area contributed by atoms with E-state index in [2.05, 4.69) is 13.8 Å². The number of phenolic OH excluding ortho intramolecular Hbond substituents is 1. The van der Waals surface area contributed by atoms with Crippen LogP contribution < -0.4 is 4.74 Å². The van der Waals surface area contributed by atoms with Crippen molar-refractivity contribution in [3.8, 4) is 11.5 Å². The first-order valence-corrected chi connectivity index (χ1v) is 7.32. The van der Waals surface area contributed by atoms with Gasteiger partial charge in [0.15, 0.2) is 0 Å². The molecular formula is C19H18O5. The second-order valence-corrected chi connectivity index (χ2v) is 5.79. The lowest BCUT2D eigenvalue weighted by Crippen LogP contribution is -2.18. The lowest BCUT2D eigenvalue weighted by Gasteiger charge is -2.26. The number of esters is 1. The molecule has 0 unspecified atom stereocenters. The van der Waals surface area contributed by atoms with Gasteiger partial charge in [-0.25, -0.2) is 9.59 Å². The van der Waals surface area contributed by atoms with E-state index in [1.54, 1.807) is 24.3 Å². The zero-order valence-electron chi connectivity index (χ0n) is 13.4. The number of carbonyl (C=O) groups is 2. The molecule has 0 heterocycles. The standard InChI is InChI=1S/C19H18O5/c1-19(2,13-3-7-15(20)8-4-13)14-5-9-16(10-6-14)24-18(23)12-11-17(21)22/h3-12,20H,1-2H3,(H,21,22)/b12-11+. The van der Waals surface area contributed by atoms with E-state index >= 15 is 0 Å². The Hall–Kier alpha value is -3.08. The van der Waals surface area contributed by atoms with Crippen LogP contribution in [-0.4, -0.2) is 22.2 Å². The summed E-state index contributed by atoms with van der Waals surface area (Å²) in [5, 5.41) is 17.9. The van der Waals surface area contributed by atoms with E-state index < -0.39 is 11.9 Å². The average Bonchev–Trinajstić information content (AvgIpc) is 2.54. The van der Waals surface area contributed by atoms with E-state index in [-0.39, 0.29) is 11.2 Å². The van der Waals surface area contributed by atoms with Gasteiger partial charge < -0.3 is 14.9 Å². The maximum absolute atomic E-state index is 11.5. The molecule has 0 atom stereocenters. The molecule has 0 saturated heterocycles. The fraction of sp³-hybridized carbons (Fsp3) is 0.158. The number of phenols is 1. The number of carboxylic acids is 1. The minimum Gasteiger partial charge on any atom is -0.508 e. The molecule has 5 nitrogen and oxygen atoms in total. The lowest BCUT2D eigenvalue weighted by molar-refractivity contribution is -0.133. The first-order chi connectivity index (χ1) is 11.3. The van der Waals surface area contributed by atoms with Crippen LogP contribution in [0.5, 0.6) is 11.5 Å². The maximum atomic E-state index is 11.5. The number of benzene rings is 2. The Kier molecular flexibility index (Phi) is 5.04. The molecule has 2 rings (SSSR count). The summed E-state index contributed by atoms with van der Waals surface area (Å²) in [5.74, 6) is -1.41. The van der Waals surface area contributed by atoms with Crippen molar-refractivity contribution < 1.29 is 24.5 Å². The molecule has 2 aromatic carbocycles. The van der Waals surface area contributed by atoms with Crippen LogP contribution in [0.4, 0.5) is 0 Å². The second-order valence-electron chi connectivity index (χ2n) is 5.79. The van der Waals surface area contributed by atoms with Crippen molar-refractivity contribution in [2.75, 3.05) is 0 Å². The third-order valence-electron chi connectivity index (χ3n) is 3.75. The number of aromatic hydroxyl groups is 1. The molecule has 0 aliphatic rings.